The Morgan fingerprint density at radius 2 is 2.29 bits per heavy atom. The lowest BCUT2D eigenvalue weighted by molar-refractivity contribution is -0.146. The van der Waals surface area contributed by atoms with Crippen molar-refractivity contribution in [2.45, 2.75) is 18.3 Å². The Kier molecular flexibility index (Phi) is 3.33. The highest BCUT2D eigenvalue weighted by molar-refractivity contribution is 5.83. The summed E-state index contributed by atoms with van der Waals surface area (Å²) in [4.78, 5) is 11.6. The monoisotopic (exact) mass is 236 g/mol. The van der Waals surface area contributed by atoms with Crippen LogP contribution in [0.1, 0.15) is 18.4 Å². The minimum absolute atomic E-state index is 0.431. The van der Waals surface area contributed by atoms with Crippen LogP contribution in [-0.2, 0) is 14.9 Å². The first-order valence-corrected chi connectivity index (χ1v) is 5.65. The van der Waals surface area contributed by atoms with Crippen LogP contribution >= 0.6 is 0 Å². The topological polar surface area (TPSA) is 55.8 Å². The maximum Gasteiger partial charge on any atom is 0.314 e. The predicted octanol–water partition coefficient (Wildman–Crippen LogP) is 1.83. The molecule has 4 heteroatoms. The molecule has 0 spiro atoms. The van der Waals surface area contributed by atoms with Crippen LogP contribution < -0.4 is 4.74 Å². The molecule has 1 atom stereocenters. The van der Waals surface area contributed by atoms with E-state index < -0.39 is 11.4 Å². The standard InChI is InChI=1S/C13H16O4/c1-16-8-6-13(12(14)15)7-9-17-11-5-3-2-4-10(11)13/h2-5H,6-9H2,1H3,(H,14,15). The van der Waals surface area contributed by atoms with Gasteiger partial charge in [-0.25, -0.2) is 0 Å². The summed E-state index contributed by atoms with van der Waals surface area (Å²) in [6.45, 7) is 0.869. The van der Waals surface area contributed by atoms with Crippen molar-refractivity contribution in [2.24, 2.45) is 0 Å². The fourth-order valence-electron chi connectivity index (χ4n) is 2.32. The molecule has 2 rings (SSSR count). The van der Waals surface area contributed by atoms with Crippen LogP contribution in [0.3, 0.4) is 0 Å². The van der Waals surface area contributed by atoms with E-state index in [0.717, 1.165) is 5.56 Å². The van der Waals surface area contributed by atoms with E-state index in [1.807, 2.05) is 24.3 Å². The highest BCUT2D eigenvalue weighted by Gasteiger charge is 2.44. The fourth-order valence-corrected chi connectivity index (χ4v) is 2.32. The Bertz CT molecular complexity index is 416. The Hall–Kier alpha value is -1.55. The first kappa shape index (κ1) is 11.9. The van der Waals surface area contributed by atoms with Crippen molar-refractivity contribution in [3.8, 4) is 5.75 Å². The highest BCUT2D eigenvalue weighted by Crippen LogP contribution is 2.41. The molecule has 1 aromatic carbocycles. The molecular formula is C13H16O4. The van der Waals surface area contributed by atoms with Gasteiger partial charge in [0, 0.05) is 25.7 Å². The summed E-state index contributed by atoms with van der Waals surface area (Å²) in [5, 5.41) is 9.55. The highest BCUT2D eigenvalue weighted by atomic mass is 16.5. The van der Waals surface area contributed by atoms with E-state index in [-0.39, 0.29) is 0 Å². The van der Waals surface area contributed by atoms with Gasteiger partial charge in [0.1, 0.15) is 11.2 Å². The summed E-state index contributed by atoms with van der Waals surface area (Å²) in [7, 11) is 1.58. The minimum atomic E-state index is -0.870. The van der Waals surface area contributed by atoms with E-state index in [4.69, 9.17) is 9.47 Å². The molecule has 0 radical (unpaired) electrons. The number of ether oxygens (including phenoxy) is 2. The van der Waals surface area contributed by atoms with Crippen molar-refractivity contribution >= 4 is 5.97 Å². The second kappa shape index (κ2) is 4.75. The van der Waals surface area contributed by atoms with Crippen molar-refractivity contribution in [3.05, 3.63) is 29.8 Å². The predicted molar refractivity (Wildman–Crippen MR) is 62.4 cm³/mol. The summed E-state index contributed by atoms with van der Waals surface area (Å²) in [6.07, 6.45) is 0.960. The zero-order chi connectivity index (χ0) is 12.3. The molecule has 0 bridgehead atoms. The molecule has 92 valence electrons. The number of benzene rings is 1. The molecule has 1 aliphatic rings. The van der Waals surface area contributed by atoms with Crippen LogP contribution in [0, 0.1) is 0 Å². The van der Waals surface area contributed by atoms with Gasteiger partial charge in [-0.2, -0.15) is 0 Å². The summed E-state index contributed by atoms with van der Waals surface area (Å²) < 4.78 is 10.5. The second-order valence-electron chi connectivity index (χ2n) is 4.22. The first-order chi connectivity index (χ1) is 8.20. The average molecular weight is 236 g/mol. The van der Waals surface area contributed by atoms with Crippen molar-refractivity contribution in [1.82, 2.24) is 0 Å². The Morgan fingerprint density at radius 1 is 1.53 bits per heavy atom. The van der Waals surface area contributed by atoms with Crippen molar-refractivity contribution in [2.75, 3.05) is 20.3 Å². The lowest BCUT2D eigenvalue weighted by Crippen LogP contribution is -2.41. The van der Waals surface area contributed by atoms with E-state index in [1.165, 1.54) is 0 Å². The third kappa shape index (κ3) is 2.00. The Balaban J connectivity index is 2.43. The lowest BCUT2D eigenvalue weighted by Gasteiger charge is -2.35. The van der Waals surface area contributed by atoms with Gasteiger partial charge in [-0.1, -0.05) is 18.2 Å². The number of hydrogen-bond acceptors (Lipinski definition) is 3. The number of methoxy groups -OCH3 is 1. The van der Waals surface area contributed by atoms with Gasteiger partial charge in [0.2, 0.25) is 0 Å². The number of carboxylic acid groups (broad SMARTS) is 1. The van der Waals surface area contributed by atoms with E-state index in [2.05, 4.69) is 0 Å². The number of carboxylic acids is 1. The molecule has 0 saturated carbocycles. The third-order valence-corrected chi connectivity index (χ3v) is 3.33. The van der Waals surface area contributed by atoms with E-state index in [9.17, 15) is 9.90 Å². The zero-order valence-corrected chi connectivity index (χ0v) is 9.81. The van der Waals surface area contributed by atoms with Crippen LogP contribution in [0.5, 0.6) is 5.75 Å². The average Bonchev–Trinajstić information content (AvgIpc) is 2.36. The maximum absolute atomic E-state index is 11.6. The molecular weight excluding hydrogens is 220 g/mol. The smallest absolute Gasteiger partial charge is 0.314 e. The van der Waals surface area contributed by atoms with Crippen LogP contribution in [0.4, 0.5) is 0 Å². The molecule has 4 nitrogen and oxygen atoms in total. The number of para-hydroxylation sites is 1. The lowest BCUT2D eigenvalue weighted by atomic mass is 9.73. The SMILES string of the molecule is COCCC1(C(=O)O)CCOc2ccccc21. The molecule has 1 heterocycles. The summed E-state index contributed by atoms with van der Waals surface area (Å²) in [6, 6.07) is 7.35. The number of aliphatic carboxylic acids is 1. The fraction of sp³-hybridized carbons (Fsp3) is 0.462. The first-order valence-electron chi connectivity index (χ1n) is 5.65. The summed E-state index contributed by atoms with van der Waals surface area (Å²) in [5.41, 5.74) is -0.110. The van der Waals surface area contributed by atoms with Crippen LogP contribution in [0.25, 0.3) is 0 Å². The van der Waals surface area contributed by atoms with Gasteiger partial charge in [-0.05, 0) is 12.5 Å². The summed E-state index contributed by atoms with van der Waals surface area (Å²) >= 11 is 0. The van der Waals surface area contributed by atoms with Crippen molar-refractivity contribution < 1.29 is 19.4 Å². The van der Waals surface area contributed by atoms with E-state index in [1.54, 1.807) is 7.11 Å². The van der Waals surface area contributed by atoms with Gasteiger partial charge in [-0.3, -0.25) is 4.79 Å². The van der Waals surface area contributed by atoms with Gasteiger partial charge in [0.25, 0.3) is 0 Å². The largest absolute Gasteiger partial charge is 0.493 e. The number of rotatable bonds is 4. The van der Waals surface area contributed by atoms with Crippen molar-refractivity contribution in [3.63, 3.8) is 0 Å². The molecule has 1 aromatic rings. The van der Waals surface area contributed by atoms with Crippen molar-refractivity contribution in [1.29, 1.82) is 0 Å². The number of fused-ring (bicyclic) bond motifs is 1. The second-order valence-corrected chi connectivity index (χ2v) is 4.22. The van der Waals surface area contributed by atoms with Gasteiger partial charge in [-0.15, -0.1) is 0 Å². The van der Waals surface area contributed by atoms with Crippen LogP contribution in [-0.4, -0.2) is 31.4 Å². The number of hydrogen-bond donors (Lipinski definition) is 1. The third-order valence-electron chi connectivity index (χ3n) is 3.33. The molecule has 17 heavy (non-hydrogen) atoms. The van der Waals surface area contributed by atoms with E-state index in [0.29, 0.717) is 31.8 Å². The molecule has 0 aromatic heterocycles. The van der Waals surface area contributed by atoms with E-state index >= 15 is 0 Å². The quantitative estimate of drug-likeness (QED) is 0.866. The maximum atomic E-state index is 11.6. The molecule has 0 amide bonds. The molecule has 0 saturated heterocycles. The van der Waals surface area contributed by atoms with Gasteiger partial charge < -0.3 is 14.6 Å². The molecule has 0 aliphatic carbocycles. The molecule has 1 aliphatic heterocycles. The van der Waals surface area contributed by atoms with Gasteiger partial charge >= 0.3 is 5.97 Å². The van der Waals surface area contributed by atoms with Gasteiger partial charge in [0.05, 0.1) is 6.61 Å². The number of carbonyl (C=O) groups is 1. The summed E-state index contributed by atoms with van der Waals surface area (Å²) in [5.74, 6) is -0.123. The Morgan fingerprint density at radius 3 is 3.00 bits per heavy atom. The molecule has 1 N–H and O–H groups in total. The molecule has 1 unspecified atom stereocenters. The van der Waals surface area contributed by atoms with Crippen LogP contribution in [0.15, 0.2) is 24.3 Å². The Labute approximate surface area is 100 Å². The van der Waals surface area contributed by atoms with Crippen LogP contribution in [0.2, 0.25) is 0 Å². The zero-order valence-electron chi connectivity index (χ0n) is 9.81. The molecule has 0 fully saturated rings. The van der Waals surface area contributed by atoms with Gasteiger partial charge in [0.15, 0.2) is 0 Å². The normalized spacial score (nSPS) is 22.6. The minimum Gasteiger partial charge on any atom is -0.493 e.